The van der Waals surface area contributed by atoms with Gasteiger partial charge in [-0.15, -0.1) is 0 Å². The van der Waals surface area contributed by atoms with Gasteiger partial charge in [0.15, 0.2) is 5.17 Å². The fourth-order valence-electron chi connectivity index (χ4n) is 3.76. The van der Waals surface area contributed by atoms with Gasteiger partial charge in [0.2, 0.25) is 5.91 Å². The number of carbonyl (C=O) groups is 3. The van der Waals surface area contributed by atoms with Crippen molar-refractivity contribution in [2.75, 3.05) is 18.4 Å². The summed E-state index contributed by atoms with van der Waals surface area (Å²) in [6.45, 7) is 5.39. The summed E-state index contributed by atoms with van der Waals surface area (Å²) in [6, 6.07) is 6.50. The third-order valence-corrected chi connectivity index (χ3v) is 6.85. The number of aryl methyl sites for hydroxylation is 2. The Hall–Kier alpha value is -3.14. The molecule has 0 aliphatic carbocycles. The summed E-state index contributed by atoms with van der Waals surface area (Å²) in [5.41, 5.74) is 2.17. The summed E-state index contributed by atoms with van der Waals surface area (Å²) >= 11 is 1.36. The SMILES string of the molecule is Cc1noc(C)c1COC(=O)c1cccc(NC(=O)C[C@H]2SC(N3CCCCC3)=NC2=O)c1. The third-order valence-electron chi connectivity index (χ3n) is 5.64. The van der Waals surface area contributed by atoms with Crippen LogP contribution >= 0.6 is 11.8 Å². The second-order valence-electron chi connectivity index (χ2n) is 8.10. The number of anilines is 1. The highest BCUT2D eigenvalue weighted by atomic mass is 32.2. The molecule has 1 aromatic carbocycles. The lowest BCUT2D eigenvalue weighted by atomic mass is 10.1. The first-order chi connectivity index (χ1) is 15.9. The van der Waals surface area contributed by atoms with Crippen LogP contribution in [-0.4, -0.2) is 51.3 Å². The summed E-state index contributed by atoms with van der Waals surface area (Å²) in [6.07, 6.45) is 3.40. The van der Waals surface area contributed by atoms with Crippen molar-refractivity contribution in [3.05, 3.63) is 46.8 Å². The number of benzene rings is 1. The lowest BCUT2D eigenvalue weighted by molar-refractivity contribution is -0.121. The van der Waals surface area contributed by atoms with Gasteiger partial charge in [0.05, 0.1) is 16.8 Å². The van der Waals surface area contributed by atoms with Crippen LogP contribution in [0, 0.1) is 13.8 Å². The van der Waals surface area contributed by atoms with Crippen LogP contribution in [0.2, 0.25) is 0 Å². The van der Waals surface area contributed by atoms with Gasteiger partial charge in [0, 0.05) is 25.2 Å². The van der Waals surface area contributed by atoms with Gasteiger partial charge in [-0.05, 0) is 51.3 Å². The largest absolute Gasteiger partial charge is 0.457 e. The molecule has 0 radical (unpaired) electrons. The fourth-order valence-corrected chi connectivity index (χ4v) is 4.88. The van der Waals surface area contributed by atoms with Crippen LogP contribution in [0.1, 0.15) is 53.1 Å². The van der Waals surface area contributed by atoms with E-state index in [9.17, 15) is 14.4 Å². The number of carbonyl (C=O) groups excluding carboxylic acids is 3. The normalized spacial score (nSPS) is 18.2. The average molecular weight is 471 g/mol. The molecular weight excluding hydrogens is 444 g/mol. The Bertz CT molecular complexity index is 1070. The molecule has 1 N–H and O–H groups in total. The molecule has 2 aromatic rings. The van der Waals surface area contributed by atoms with E-state index in [1.54, 1.807) is 38.1 Å². The molecule has 1 saturated heterocycles. The first-order valence-corrected chi connectivity index (χ1v) is 11.8. The predicted molar refractivity (Wildman–Crippen MR) is 124 cm³/mol. The maximum Gasteiger partial charge on any atom is 0.338 e. The fraction of sp³-hybridized carbons (Fsp3) is 0.435. The number of likely N-dealkylation sites (tertiary alicyclic amines) is 1. The standard InChI is InChI=1S/C23H26N4O5S/c1-14-18(15(2)32-26-14)13-31-22(30)16-7-6-8-17(11-16)24-20(28)12-19-21(29)25-23(33-19)27-9-4-3-5-10-27/h6-8,11,19H,3-5,9-10,12-13H2,1-2H3,(H,24,28)/t19-/m1/s1. The van der Waals surface area contributed by atoms with Gasteiger partial charge in [0.25, 0.3) is 5.91 Å². The first kappa shape index (κ1) is 23.0. The van der Waals surface area contributed by atoms with E-state index in [0.29, 0.717) is 22.7 Å². The number of piperidine rings is 1. The van der Waals surface area contributed by atoms with Crippen molar-refractivity contribution in [1.29, 1.82) is 0 Å². The Morgan fingerprint density at radius 2 is 2.03 bits per heavy atom. The monoisotopic (exact) mass is 470 g/mol. The van der Waals surface area contributed by atoms with E-state index in [2.05, 4.69) is 20.4 Å². The maximum absolute atomic E-state index is 12.6. The quantitative estimate of drug-likeness (QED) is 0.639. The molecule has 33 heavy (non-hydrogen) atoms. The number of esters is 1. The number of ether oxygens (including phenoxy) is 1. The molecule has 2 amide bonds. The van der Waals surface area contributed by atoms with Crippen LogP contribution in [0.4, 0.5) is 5.69 Å². The number of amides is 2. The number of nitrogens with one attached hydrogen (secondary N) is 1. The van der Waals surface area contributed by atoms with E-state index in [1.165, 1.54) is 18.2 Å². The minimum atomic E-state index is -0.523. The van der Waals surface area contributed by atoms with Gasteiger partial charge in [-0.1, -0.05) is 23.0 Å². The Morgan fingerprint density at radius 3 is 2.76 bits per heavy atom. The summed E-state index contributed by atoms with van der Waals surface area (Å²) < 4.78 is 10.4. The van der Waals surface area contributed by atoms with Crippen molar-refractivity contribution >= 4 is 40.4 Å². The lowest BCUT2D eigenvalue weighted by Gasteiger charge is -2.27. The van der Waals surface area contributed by atoms with Crippen LogP contribution in [0.15, 0.2) is 33.8 Å². The zero-order valence-corrected chi connectivity index (χ0v) is 19.4. The highest BCUT2D eigenvalue weighted by Crippen LogP contribution is 2.29. The second kappa shape index (κ2) is 10.2. The molecule has 0 unspecified atom stereocenters. The summed E-state index contributed by atoms with van der Waals surface area (Å²) in [7, 11) is 0. The number of hydrogen-bond donors (Lipinski definition) is 1. The van der Waals surface area contributed by atoms with E-state index in [1.807, 2.05) is 0 Å². The Kier molecular flexibility index (Phi) is 7.12. The summed E-state index contributed by atoms with van der Waals surface area (Å²) in [5.74, 6) is -0.496. The van der Waals surface area contributed by atoms with Gasteiger partial charge >= 0.3 is 5.97 Å². The molecule has 2 aliphatic heterocycles. The van der Waals surface area contributed by atoms with E-state index in [4.69, 9.17) is 9.26 Å². The van der Waals surface area contributed by atoms with E-state index >= 15 is 0 Å². The minimum absolute atomic E-state index is 0.0189. The minimum Gasteiger partial charge on any atom is -0.457 e. The van der Waals surface area contributed by atoms with Crippen molar-refractivity contribution in [1.82, 2.24) is 10.1 Å². The third kappa shape index (κ3) is 5.62. The van der Waals surface area contributed by atoms with Gasteiger partial charge in [-0.3, -0.25) is 9.59 Å². The van der Waals surface area contributed by atoms with Crippen molar-refractivity contribution in [3.8, 4) is 0 Å². The van der Waals surface area contributed by atoms with Crippen molar-refractivity contribution in [3.63, 3.8) is 0 Å². The van der Waals surface area contributed by atoms with Crippen molar-refractivity contribution in [2.45, 2.75) is 51.4 Å². The molecular formula is C23H26N4O5S. The first-order valence-electron chi connectivity index (χ1n) is 10.9. The van der Waals surface area contributed by atoms with Gasteiger partial charge < -0.3 is 19.5 Å². The smallest absolute Gasteiger partial charge is 0.338 e. The van der Waals surface area contributed by atoms with Gasteiger partial charge in [0.1, 0.15) is 17.6 Å². The molecule has 1 aromatic heterocycles. The molecule has 1 atom stereocenters. The number of amidine groups is 1. The molecule has 10 heteroatoms. The van der Waals surface area contributed by atoms with Gasteiger partial charge in [-0.2, -0.15) is 4.99 Å². The number of rotatable bonds is 6. The second-order valence-corrected chi connectivity index (χ2v) is 9.27. The molecule has 3 heterocycles. The molecule has 0 spiro atoms. The van der Waals surface area contributed by atoms with Crippen molar-refractivity contribution < 1.29 is 23.6 Å². The highest BCUT2D eigenvalue weighted by molar-refractivity contribution is 8.15. The van der Waals surface area contributed by atoms with Crippen LogP contribution < -0.4 is 5.32 Å². The Labute approximate surface area is 195 Å². The van der Waals surface area contributed by atoms with Crippen LogP contribution in [0.5, 0.6) is 0 Å². The zero-order valence-electron chi connectivity index (χ0n) is 18.6. The Balaban J connectivity index is 1.30. The molecule has 4 rings (SSSR count). The number of aromatic nitrogens is 1. The van der Waals surface area contributed by atoms with Crippen LogP contribution in [-0.2, 0) is 20.9 Å². The topological polar surface area (TPSA) is 114 Å². The number of nitrogens with zero attached hydrogens (tertiary/aromatic N) is 3. The number of hydrogen-bond acceptors (Lipinski definition) is 8. The zero-order chi connectivity index (χ0) is 23.4. The van der Waals surface area contributed by atoms with Crippen LogP contribution in [0.25, 0.3) is 0 Å². The molecule has 2 aliphatic rings. The van der Waals surface area contributed by atoms with Crippen molar-refractivity contribution in [2.24, 2.45) is 4.99 Å². The summed E-state index contributed by atoms with van der Waals surface area (Å²) in [5, 5.41) is 6.81. The maximum atomic E-state index is 12.6. The molecule has 1 fully saturated rings. The van der Waals surface area contributed by atoms with Gasteiger partial charge in [-0.25, -0.2) is 4.79 Å². The lowest BCUT2D eigenvalue weighted by Crippen LogP contribution is -2.33. The Morgan fingerprint density at radius 1 is 1.24 bits per heavy atom. The molecule has 0 bridgehead atoms. The number of aliphatic imine (C=N–C) groups is 1. The summed E-state index contributed by atoms with van der Waals surface area (Å²) in [4.78, 5) is 43.6. The molecule has 9 nitrogen and oxygen atoms in total. The average Bonchev–Trinajstić information content (AvgIpc) is 3.34. The predicted octanol–water partition coefficient (Wildman–Crippen LogP) is 3.46. The number of thioether (sulfide) groups is 1. The highest BCUT2D eigenvalue weighted by Gasteiger charge is 2.33. The molecule has 174 valence electrons. The molecule has 0 saturated carbocycles. The van der Waals surface area contributed by atoms with E-state index in [0.717, 1.165) is 36.7 Å². The van der Waals surface area contributed by atoms with Crippen LogP contribution in [0.3, 0.4) is 0 Å². The van der Waals surface area contributed by atoms with E-state index < -0.39 is 11.2 Å². The van der Waals surface area contributed by atoms with E-state index in [-0.39, 0.29) is 24.8 Å².